The number of hydrogen-bond acceptors (Lipinski definition) is 16. The van der Waals surface area contributed by atoms with E-state index in [1.54, 1.807) is 31.2 Å². The van der Waals surface area contributed by atoms with Crippen LogP contribution in [0.3, 0.4) is 0 Å². The summed E-state index contributed by atoms with van der Waals surface area (Å²) in [5.74, 6) is -3.63. The molecule has 598 valence electrons. The zero-order valence-corrected chi connectivity index (χ0v) is 65.7. The summed E-state index contributed by atoms with van der Waals surface area (Å²) >= 11 is 0. The fourth-order valence-electron chi connectivity index (χ4n) is 14.1. The maximum absolute atomic E-state index is 14.8. The van der Waals surface area contributed by atoms with Crippen molar-refractivity contribution in [3.8, 4) is 5.75 Å². The molecule has 3 aliphatic heterocycles. The summed E-state index contributed by atoms with van der Waals surface area (Å²) in [4.78, 5) is 108. The molecule has 5 aromatic carbocycles. The first-order valence-electron chi connectivity index (χ1n) is 37.8. The van der Waals surface area contributed by atoms with Crippen molar-refractivity contribution in [3.63, 3.8) is 0 Å². The number of benzene rings is 5. The highest BCUT2D eigenvalue weighted by molar-refractivity contribution is 7.86. The number of carbonyl (C=O) groups excluding carboxylic acids is 7. The van der Waals surface area contributed by atoms with Crippen LogP contribution in [0.25, 0.3) is 10.8 Å². The van der Waals surface area contributed by atoms with Gasteiger partial charge in [-0.3, -0.25) is 48.1 Å². The first kappa shape index (κ1) is 86.1. The fraction of sp³-hybridized carbons (Fsp3) is 0.450. The Morgan fingerprint density at radius 3 is 2.00 bits per heavy atom. The molecule has 111 heavy (non-hydrogen) atoms. The molecule has 1 fully saturated rings. The Morgan fingerprint density at radius 2 is 1.28 bits per heavy atom. The van der Waals surface area contributed by atoms with Gasteiger partial charge in [0.25, 0.3) is 10.1 Å². The normalized spacial score (nSPS) is 18.8. The van der Waals surface area contributed by atoms with E-state index in [1.165, 1.54) is 41.3 Å². The van der Waals surface area contributed by atoms with Crippen molar-refractivity contribution in [1.82, 2.24) is 42.1 Å². The van der Waals surface area contributed by atoms with E-state index in [0.29, 0.717) is 81.8 Å². The number of hydrogen-bond donors (Lipinski definition) is 12. The van der Waals surface area contributed by atoms with Crippen molar-refractivity contribution >= 4 is 101 Å². The van der Waals surface area contributed by atoms with Gasteiger partial charge in [0.2, 0.25) is 47.0 Å². The molecule has 29 nitrogen and oxygen atoms in total. The Hall–Kier alpha value is -10.5. The number of guanidine groups is 2. The summed E-state index contributed by atoms with van der Waals surface area (Å²) in [6, 6.07) is 23.8. The smallest absolute Gasteiger partial charge is 0.294 e. The van der Waals surface area contributed by atoms with Gasteiger partial charge in [-0.15, -0.1) is 0 Å². The van der Waals surface area contributed by atoms with Crippen LogP contribution in [0, 0.1) is 0 Å². The lowest BCUT2D eigenvalue weighted by molar-refractivity contribution is -0.401. The third-order valence-electron chi connectivity index (χ3n) is 20.3. The summed E-state index contributed by atoms with van der Waals surface area (Å²) < 4.78 is 71.9. The van der Waals surface area contributed by atoms with Crippen molar-refractivity contribution in [1.29, 1.82) is 0 Å². The maximum Gasteiger partial charge on any atom is 0.294 e. The number of nitrogens with one attached hydrogen (secondary N) is 7. The van der Waals surface area contributed by atoms with Gasteiger partial charge in [0.05, 0.1) is 28.3 Å². The minimum atomic E-state index is -4.73. The van der Waals surface area contributed by atoms with Gasteiger partial charge in [-0.25, -0.2) is 8.42 Å². The van der Waals surface area contributed by atoms with E-state index < -0.39 is 91.3 Å². The van der Waals surface area contributed by atoms with Crippen LogP contribution in [-0.4, -0.2) is 183 Å². The van der Waals surface area contributed by atoms with Crippen molar-refractivity contribution in [2.45, 2.75) is 182 Å². The molecule has 0 saturated carbocycles. The maximum atomic E-state index is 14.8. The van der Waals surface area contributed by atoms with Gasteiger partial charge in [-0.05, 0) is 148 Å². The molecule has 1 saturated heterocycles. The Balaban J connectivity index is 0.736. The van der Waals surface area contributed by atoms with Crippen molar-refractivity contribution in [3.05, 3.63) is 161 Å². The van der Waals surface area contributed by atoms with Crippen LogP contribution in [0.15, 0.2) is 159 Å². The van der Waals surface area contributed by atoms with Gasteiger partial charge in [0.15, 0.2) is 17.6 Å². The van der Waals surface area contributed by atoms with Gasteiger partial charge in [0, 0.05) is 93.0 Å². The number of fused-ring (bicyclic) bond motifs is 3. The monoisotopic (exact) mass is 1570 g/mol. The number of rotatable bonds is 35. The summed E-state index contributed by atoms with van der Waals surface area (Å²) in [5, 5.41) is 31.8. The number of phenolic OH excluding ortho intramolecular Hbond substituents is 1. The second kappa shape index (κ2) is 39.9. The quantitative estimate of drug-likeness (QED) is 0.00582. The molecular weight excluding hydrogens is 1460 g/mol. The lowest BCUT2D eigenvalue weighted by Gasteiger charge is -2.33. The number of nitrogens with two attached hydrogens (primary N) is 3. The third kappa shape index (κ3) is 24.7. The second-order valence-electron chi connectivity index (χ2n) is 29.3. The zero-order valence-electron chi connectivity index (χ0n) is 64.1. The molecule has 3 aliphatic rings. The summed E-state index contributed by atoms with van der Waals surface area (Å²) in [5.41, 5.74) is 22.2. The molecule has 0 aliphatic carbocycles. The minimum Gasteiger partial charge on any atom is -0.744 e. The first-order chi connectivity index (χ1) is 52.7. The molecule has 5 aromatic rings. The number of aliphatic imine (C=N–C) groups is 2. The SMILES string of the molecule is C[C@@H]1C(=O)N[C@@H](CCCN=C(N)N)C(=O)N[C@@H](Cc2ccc3ccccc3c2)C(=O)NCC(=O)N[C@H](Cc2ccc(O)cc2)C(=O)N1CCCCCCNC(N)=NCCCCCCNC(=O)CNC(=O)CCCCCN1/C(=C/C=C/C=C/C2=[N+](C)c3ccc(S(=O)(=O)O)cc3C2(C)C)C(C)(C)c2cc(S(=O)(=O)[O-])ccc21. The van der Waals surface area contributed by atoms with E-state index >= 15 is 0 Å². The van der Waals surface area contributed by atoms with Gasteiger partial charge in [-0.1, -0.05) is 119 Å². The lowest BCUT2D eigenvalue weighted by Crippen LogP contribution is -2.58. The molecule has 7 amide bonds. The van der Waals surface area contributed by atoms with Crippen LogP contribution in [0.2, 0.25) is 0 Å². The average Bonchev–Trinajstić information content (AvgIpc) is 1.60. The Labute approximate surface area is 650 Å². The molecule has 0 unspecified atom stereocenters. The van der Waals surface area contributed by atoms with Crippen LogP contribution in [0.1, 0.15) is 147 Å². The lowest BCUT2D eigenvalue weighted by atomic mass is 9.81. The third-order valence-corrected chi connectivity index (χ3v) is 21.9. The molecule has 0 aromatic heterocycles. The standard InChI is InChI=1S/C80H107N15O14S2/c1-53-73(100)91-63(26-23-43-85-77(81)82)75(102)92-64(48-55-30-33-56-24-16-17-25-57(56)46-55)74(101)89-52-72(99)90-65(47-54-31-34-58(96)35-32-54)76(103)94(53)44-21-10-9-20-42-87-78(83)86-41-19-8-7-18-40-84-71(98)51-88-70(97)29-15-12-22-45-95-67-39-37-60(111(107,108)109)50-62(67)80(4,5)69(95)28-14-11-13-27-68-79(2,3)61-49-59(110(104,105)106)36-38-66(61)93(68)6/h11,13-14,16-17,24-25,27-28,30-39,46,49-50,53,63-65H,7-10,12,15,18-23,26,29,40-45,47-48,51-52H2,1-6H3,(H15-,81,82,83,84,85,86,87,88,89,90,91,92,96,97,98,99,100,101,102,104,105,106,107,108,109)/t53-,63+,64+,65-/m1/s1. The van der Waals surface area contributed by atoms with E-state index in [9.17, 15) is 64.6 Å². The van der Waals surface area contributed by atoms with Gasteiger partial charge in [-0.2, -0.15) is 13.0 Å². The van der Waals surface area contributed by atoms with Gasteiger partial charge in [0.1, 0.15) is 47.1 Å². The molecule has 0 spiro atoms. The number of anilines is 1. The molecule has 15 N–H and O–H groups in total. The number of unbranched alkanes of at least 4 members (excludes halogenated alkanes) is 8. The average molecular weight is 1570 g/mol. The van der Waals surface area contributed by atoms with E-state index in [4.69, 9.17) is 17.2 Å². The van der Waals surface area contributed by atoms with Gasteiger partial charge >= 0.3 is 0 Å². The van der Waals surface area contributed by atoms with Crippen LogP contribution in [-0.2, 0) is 77.5 Å². The largest absolute Gasteiger partial charge is 0.744 e. The number of aromatic hydroxyl groups is 1. The van der Waals surface area contributed by atoms with E-state index in [0.717, 1.165) is 76.8 Å². The Morgan fingerprint density at radius 1 is 0.640 bits per heavy atom. The predicted octanol–water partition coefficient (Wildman–Crippen LogP) is 5.65. The molecular formula is C80H107N15O14S2. The van der Waals surface area contributed by atoms with E-state index in [2.05, 4.69) is 52.1 Å². The van der Waals surface area contributed by atoms with Crippen molar-refractivity contribution in [2.24, 2.45) is 27.2 Å². The van der Waals surface area contributed by atoms with Crippen LogP contribution in [0.4, 0.5) is 11.4 Å². The Bertz CT molecular complexity index is 4610. The summed E-state index contributed by atoms with van der Waals surface area (Å²) in [7, 11) is -7.24. The van der Waals surface area contributed by atoms with Crippen LogP contribution < -0.4 is 59.3 Å². The molecule has 3 heterocycles. The molecule has 4 atom stereocenters. The molecule has 8 rings (SSSR count). The van der Waals surface area contributed by atoms with Crippen LogP contribution >= 0.6 is 0 Å². The molecule has 0 bridgehead atoms. The van der Waals surface area contributed by atoms with E-state index in [-0.39, 0.29) is 85.1 Å². The van der Waals surface area contributed by atoms with Crippen LogP contribution in [0.5, 0.6) is 5.75 Å². The number of nitrogens with zero attached hydrogens (tertiary/aromatic N) is 5. The minimum absolute atomic E-state index is 0.000802. The highest BCUT2D eigenvalue weighted by Gasteiger charge is 2.44. The number of phenols is 1. The van der Waals surface area contributed by atoms with Crippen molar-refractivity contribution in [2.75, 3.05) is 64.3 Å². The number of amides is 7. The topological polar surface area (TPSA) is 448 Å². The summed E-state index contributed by atoms with van der Waals surface area (Å²) in [6.45, 7) is 11.0. The van der Waals surface area contributed by atoms with Gasteiger partial charge < -0.3 is 73.9 Å². The predicted molar refractivity (Wildman–Crippen MR) is 427 cm³/mol. The molecule has 31 heteroatoms. The Kier molecular flexibility index (Phi) is 31.0. The van der Waals surface area contributed by atoms with E-state index in [1.807, 2.05) is 112 Å². The van der Waals surface area contributed by atoms with Crippen molar-refractivity contribution < 1.29 is 69.2 Å². The second-order valence-corrected chi connectivity index (χ2v) is 32.1. The summed E-state index contributed by atoms with van der Waals surface area (Å²) in [6.07, 6.45) is 17.7. The molecule has 0 radical (unpaired) electrons. The first-order valence-corrected chi connectivity index (χ1v) is 40.6. The fourth-order valence-corrected chi connectivity index (χ4v) is 15.1. The number of allylic oxidation sites excluding steroid dienone is 6. The zero-order chi connectivity index (χ0) is 80.6. The highest BCUT2D eigenvalue weighted by atomic mass is 32.2. The highest BCUT2D eigenvalue weighted by Crippen LogP contribution is 2.49. The number of carbonyl (C=O) groups is 7.